The van der Waals surface area contributed by atoms with Crippen molar-refractivity contribution >= 4 is 27.5 Å². The topological polar surface area (TPSA) is 96.0 Å². The minimum Gasteiger partial charge on any atom is -0.479 e. The summed E-state index contributed by atoms with van der Waals surface area (Å²) in [5, 5.41) is 2.71. The first-order valence-corrected chi connectivity index (χ1v) is 11.7. The van der Waals surface area contributed by atoms with Crippen LogP contribution in [0, 0.1) is 12.7 Å². The van der Waals surface area contributed by atoms with E-state index < -0.39 is 16.1 Å². The Labute approximate surface area is 186 Å². The minimum atomic E-state index is -3.81. The van der Waals surface area contributed by atoms with Gasteiger partial charge in [-0.15, -0.1) is 0 Å². The highest BCUT2D eigenvalue weighted by molar-refractivity contribution is 7.89. The molecule has 2 heterocycles. The smallest absolute Gasteiger partial charge is 0.265 e. The van der Waals surface area contributed by atoms with Crippen LogP contribution >= 0.6 is 0 Å². The molecule has 170 valence electrons. The van der Waals surface area contributed by atoms with E-state index in [2.05, 4.69) is 5.32 Å². The van der Waals surface area contributed by atoms with Crippen molar-refractivity contribution in [2.24, 2.45) is 0 Å². The molecule has 1 fully saturated rings. The Balaban J connectivity index is 1.45. The van der Waals surface area contributed by atoms with E-state index >= 15 is 0 Å². The van der Waals surface area contributed by atoms with Gasteiger partial charge in [0.2, 0.25) is 15.9 Å². The Hall–Kier alpha value is -2.98. The second kappa shape index (κ2) is 8.51. The van der Waals surface area contributed by atoms with Gasteiger partial charge in [-0.2, -0.15) is 4.31 Å². The SMILES string of the molecule is Cc1cc2c(cc1S(=O)(=O)N1CCN(C(=O)Cc3ccc(F)cc3)CC1)O[C@@H](C)C(=O)N2. The van der Waals surface area contributed by atoms with Gasteiger partial charge in [-0.3, -0.25) is 9.59 Å². The van der Waals surface area contributed by atoms with Crippen molar-refractivity contribution in [1.82, 2.24) is 9.21 Å². The first kappa shape index (κ1) is 22.2. The van der Waals surface area contributed by atoms with Gasteiger partial charge in [-0.25, -0.2) is 12.8 Å². The van der Waals surface area contributed by atoms with E-state index in [0.717, 1.165) is 0 Å². The van der Waals surface area contributed by atoms with Gasteiger partial charge in [0.05, 0.1) is 17.0 Å². The summed E-state index contributed by atoms with van der Waals surface area (Å²) >= 11 is 0. The number of aryl methyl sites for hydroxylation is 1. The molecule has 0 aromatic heterocycles. The van der Waals surface area contributed by atoms with Crippen LogP contribution in [0.1, 0.15) is 18.1 Å². The summed E-state index contributed by atoms with van der Waals surface area (Å²) < 4.78 is 46.5. The third kappa shape index (κ3) is 4.33. The maximum absolute atomic E-state index is 13.3. The molecule has 32 heavy (non-hydrogen) atoms. The van der Waals surface area contributed by atoms with E-state index in [9.17, 15) is 22.4 Å². The van der Waals surface area contributed by atoms with Crippen LogP contribution in [0.25, 0.3) is 0 Å². The number of carbonyl (C=O) groups is 2. The van der Waals surface area contributed by atoms with Crippen molar-refractivity contribution in [3.63, 3.8) is 0 Å². The van der Waals surface area contributed by atoms with E-state index in [0.29, 0.717) is 22.6 Å². The Morgan fingerprint density at radius 3 is 2.47 bits per heavy atom. The number of amides is 2. The number of nitrogens with one attached hydrogen (secondary N) is 1. The number of halogens is 1. The molecular weight excluding hydrogens is 437 g/mol. The molecule has 2 amide bonds. The maximum Gasteiger partial charge on any atom is 0.265 e. The van der Waals surface area contributed by atoms with Crippen molar-refractivity contribution in [2.45, 2.75) is 31.3 Å². The Bertz CT molecular complexity index is 1160. The van der Waals surface area contributed by atoms with E-state index in [-0.39, 0.29) is 55.1 Å². The Morgan fingerprint density at radius 2 is 1.81 bits per heavy atom. The van der Waals surface area contributed by atoms with E-state index in [4.69, 9.17) is 4.74 Å². The third-order valence-electron chi connectivity index (χ3n) is 5.69. The molecule has 0 aliphatic carbocycles. The van der Waals surface area contributed by atoms with Gasteiger partial charge in [0.25, 0.3) is 5.91 Å². The average Bonchev–Trinajstić information content (AvgIpc) is 2.76. The maximum atomic E-state index is 13.3. The highest BCUT2D eigenvalue weighted by Crippen LogP contribution is 2.35. The molecule has 2 aromatic rings. The normalized spacial score (nSPS) is 19.2. The van der Waals surface area contributed by atoms with Crippen LogP contribution in [0.4, 0.5) is 10.1 Å². The third-order valence-corrected chi connectivity index (χ3v) is 7.73. The first-order valence-electron chi connectivity index (χ1n) is 10.3. The fourth-order valence-electron chi connectivity index (χ4n) is 3.83. The standard InChI is InChI=1S/C22H24FN3O5S/c1-14-11-18-19(31-15(2)22(28)24-18)13-20(14)32(29,30)26-9-7-25(8-10-26)21(27)12-16-3-5-17(23)6-4-16/h3-6,11,13,15H,7-10,12H2,1-2H3,(H,24,28)/t15-/m0/s1. The number of carbonyl (C=O) groups excluding carboxylic acids is 2. The molecule has 10 heteroatoms. The fourth-order valence-corrected chi connectivity index (χ4v) is 5.47. The first-order chi connectivity index (χ1) is 15.1. The molecule has 0 saturated carbocycles. The van der Waals surface area contributed by atoms with Crippen molar-refractivity contribution in [2.75, 3.05) is 31.5 Å². The van der Waals surface area contributed by atoms with Crippen molar-refractivity contribution in [1.29, 1.82) is 0 Å². The predicted molar refractivity (Wildman–Crippen MR) is 115 cm³/mol. The zero-order chi connectivity index (χ0) is 23.0. The number of sulfonamides is 1. The number of benzene rings is 2. The largest absolute Gasteiger partial charge is 0.479 e. The van der Waals surface area contributed by atoms with Gasteiger partial charge in [-0.05, 0) is 43.2 Å². The number of rotatable bonds is 4. The fraction of sp³-hybridized carbons (Fsp3) is 0.364. The van der Waals surface area contributed by atoms with Gasteiger partial charge in [0.1, 0.15) is 11.6 Å². The van der Waals surface area contributed by atoms with Gasteiger partial charge < -0.3 is 15.0 Å². The van der Waals surface area contributed by atoms with E-state index in [1.807, 2.05) is 0 Å². The molecule has 4 rings (SSSR count). The van der Waals surface area contributed by atoms with Gasteiger partial charge in [0, 0.05) is 32.2 Å². The molecule has 0 bridgehead atoms. The second-order valence-electron chi connectivity index (χ2n) is 7.95. The summed E-state index contributed by atoms with van der Waals surface area (Å²) in [5.74, 6) is -0.459. The summed E-state index contributed by atoms with van der Waals surface area (Å²) in [6.45, 7) is 4.14. The number of piperazine rings is 1. The molecular formula is C22H24FN3O5S. The summed E-state index contributed by atoms with van der Waals surface area (Å²) in [4.78, 5) is 26.1. The van der Waals surface area contributed by atoms with Crippen LogP contribution in [-0.4, -0.2) is 61.7 Å². The lowest BCUT2D eigenvalue weighted by Crippen LogP contribution is -2.51. The molecule has 0 unspecified atom stereocenters. The summed E-state index contributed by atoms with van der Waals surface area (Å²) in [5.41, 5.74) is 1.65. The summed E-state index contributed by atoms with van der Waals surface area (Å²) in [6, 6.07) is 8.79. The molecule has 1 N–H and O–H groups in total. The van der Waals surface area contributed by atoms with Gasteiger partial charge in [-0.1, -0.05) is 12.1 Å². The molecule has 8 nitrogen and oxygen atoms in total. The van der Waals surface area contributed by atoms with Crippen LogP contribution in [0.5, 0.6) is 5.75 Å². The summed E-state index contributed by atoms with van der Waals surface area (Å²) in [6.07, 6.45) is -0.575. The number of fused-ring (bicyclic) bond motifs is 1. The monoisotopic (exact) mass is 461 g/mol. The highest BCUT2D eigenvalue weighted by Gasteiger charge is 2.33. The molecule has 1 saturated heterocycles. The lowest BCUT2D eigenvalue weighted by molar-refractivity contribution is -0.131. The van der Waals surface area contributed by atoms with Gasteiger partial charge >= 0.3 is 0 Å². The lowest BCUT2D eigenvalue weighted by Gasteiger charge is -2.34. The number of nitrogens with zero attached hydrogens (tertiary/aromatic N) is 2. The van der Waals surface area contributed by atoms with E-state index in [1.54, 1.807) is 36.9 Å². The molecule has 1 atom stereocenters. The molecule has 2 aromatic carbocycles. The average molecular weight is 462 g/mol. The second-order valence-corrected chi connectivity index (χ2v) is 9.86. The van der Waals surface area contributed by atoms with Crippen molar-refractivity contribution < 1.29 is 27.1 Å². The van der Waals surface area contributed by atoms with Gasteiger partial charge in [0.15, 0.2) is 6.10 Å². The molecule has 2 aliphatic heterocycles. The number of anilines is 1. The summed E-state index contributed by atoms with van der Waals surface area (Å²) in [7, 11) is -3.81. The number of ether oxygens (including phenoxy) is 1. The van der Waals surface area contributed by atoms with Crippen LogP contribution in [0.2, 0.25) is 0 Å². The number of hydrogen-bond donors (Lipinski definition) is 1. The quantitative estimate of drug-likeness (QED) is 0.751. The van der Waals surface area contributed by atoms with Crippen molar-refractivity contribution in [3.8, 4) is 5.75 Å². The zero-order valence-electron chi connectivity index (χ0n) is 17.8. The number of hydrogen-bond acceptors (Lipinski definition) is 5. The minimum absolute atomic E-state index is 0.116. The van der Waals surface area contributed by atoms with Crippen LogP contribution in [-0.2, 0) is 26.0 Å². The van der Waals surface area contributed by atoms with Crippen LogP contribution in [0.15, 0.2) is 41.3 Å². The Morgan fingerprint density at radius 1 is 1.16 bits per heavy atom. The predicted octanol–water partition coefficient (Wildman–Crippen LogP) is 1.93. The van der Waals surface area contributed by atoms with E-state index in [1.165, 1.54) is 22.5 Å². The molecule has 0 radical (unpaired) electrons. The Kier molecular flexibility index (Phi) is 5.91. The molecule has 2 aliphatic rings. The van der Waals surface area contributed by atoms with Crippen LogP contribution in [0.3, 0.4) is 0 Å². The molecule has 0 spiro atoms. The van der Waals surface area contributed by atoms with Crippen molar-refractivity contribution in [3.05, 3.63) is 53.3 Å². The highest BCUT2D eigenvalue weighted by atomic mass is 32.2. The zero-order valence-corrected chi connectivity index (χ0v) is 18.6. The lowest BCUT2D eigenvalue weighted by atomic mass is 10.1. The van der Waals surface area contributed by atoms with Crippen LogP contribution < -0.4 is 10.1 Å².